The number of hydrogen-bond donors (Lipinski definition) is 0. The molecule has 11 rings (SSSR count). The molecule has 0 radical (unpaired) electrons. The van der Waals surface area contributed by atoms with Crippen LogP contribution < -0.4 is 0 Å². The second-order valence-corrected chi connectivity index (χ2v) is 14.4. The fourth-order valence-corrected chi connectivity index (χ4v) is 9.05. The molecule has 0 aliphatic heterocycles. The summed E-state index contributed by atoms with van der Waals surface area (Å²) in [4.78, 5) is 3.82. The quantitative estimate of drug-likeness (QED) is 0.167. The van der Waals surface area contributed by atoms with Crippen LogP contribution in [0.15, 0.2) is 170 Å². The molecule has 0 unspecified atom stereocenters. The summed E-state index contributed by atoms with van der Waals surface area (Å²) in [6, 6.07) is 61.8. The largest absolute Gasteiger partial charge is 0.310 e. The Hall–Kier alpha value is -7.86. The summed E-state index contributed by atoms with van der Waals surface area (Å²) >= 11 is 0. The zero-order valence-corrected chi connectivity index (χ0v) is 30.4. The number of nitrogens with zero attached hydrogens (tertiary/aromatic N) is 5. The van der Waals surface area contributed by atoms with Crippen molar-refractivity contribution in [1.29, 1.82) is 5.26 Å². The van der Waals surface area contributed by atoms with Gasteiger partial charge in [-0.25, -0.2) is 4.85 Å². The number of fused-ring (bicyclic) bond motifs is 9. The molecule has 0 bridgehead atoms. The summed E-state index contributed by atoms with van der Waals surface area (Å²) in [7, 11) is 0. The van der Waals surface area contributed by atoms with Gasteiger partial charge in [0.05, 0.1) is 51.1 Å². The predicted molar refractivity (Wildman–Crippen MR) is 231 cm³/mol. The summed E-state index contributed by atoms with van der Waals surface area (Å²) in [6.07, 6.45) is 0. The van der Waals surface area contributed by atoms with Gasteiger partial charge < -0.3 is 13.7 Å². The van der Waals surface area contributed by atoms with Gasteiger partial charge in [0.1, 0.15) is 6.07 Å². The van der Waals surface area contributed by atoms with Gasteiger partial charge in [0.25, 0.3) is 0 Å². The molecule has 3 aromatic heterocycles. The lowest BCUT2D eigenvalue weighted by atomic mass is 9.95. The van der Waals surface area contributed by atoms with Crippen LogP contribution in [0.1, 0.15) is 11.1 Å². The van der Waals surface area contributed by atoms with E-state index in [1.54, 1.807) is 0 Å². The Kier molecular flexibility index (Phi) is 6.83. The lowest BCUT2D eigenvalue weighted by Crippen LogP contribution is -2.01. The van der Waals surface area contributed by atoms with Crippen LogP contribution in [0.5, 0.6) is 0 Å². The molecule has 260 valence electrons. The highest BCUT2D eigenvalue weighted by atomic mass is 15.0. The molecular formula is C51H31N5. The molecule has 5 heteroatoms. The minimum Gasteiger partial charge on any atom is -0.310 e. The molecule has 0 saturated carbocycles. The maximum absolute atomic E-state index is 10.6. The van der Waals surface area contributed by atoms with Gasteiger partial charge in [-0.15, -0.1) is 0 Å². The summed E-state index contributed by atoms with van der Waals surface area (Å²) in [5.41, 5.74) is 13.7. The Morgan fingerprint density at radius 1 is 0.482 bits per heavy atom. The lowest BCUT2D eigenvalue weighted by molar-refractivity contribution is 1.14. The molecule has 56 heavy (non-hydrogen) atoms. The molecule has 0 aliphatic carbocycles. The van der Waals surface area contributed by atoms with Gasteiger partial charge >= 0.3 is 0 Å². The smallest absolute Gasteiger partial charge is 0.189 e. The summed E-state index contributed by atoms with van der Waals surface area (Å²) in [5, 5.41) is 17.7. The second-order valence-electron chi connectivity index (χ2n) is 14.4. The van der Waals surface area contributed by atoms with E-state index >= 15 is 0 Å². The van der Waals surface area contributed by atoms with Crippen molar-refractivity contribution < 1.29 is 0 Å². The fourth-order valence-electron chi connectivity index (χ4n) is 9.05. The molecule has 11 aromatic rings. The van der Waals surface area contributed by atoms with Gasteiger partial charge in [0, 0.05) is 43.5 Å². The Morgan fingerprint density at radius 2 is 1.02 bits per heavy atom. The van der Waals surface area contributed by atoms with E-state index in [1.807, 2.05) is 12.1 Å². The Morgan fingerprint density at radius 3 is 1.57 bits per heavy atom. The van der Waals surface area contributed by atoms with Gasteiger partial charge in [0.15, 0.2) is 5.69 Å². The highest BCUT2D eigenvalue weighted by molar-refractivity contribution is 6.17. The Bertz CT molecular complexity index is 3400. The molecular weight excluding hydrogens is 683 g/mol. The van der Waals surface area contributed by atoms with E-state index in [-0.39, 0.29) is 0 Å². The van der Waals surface area contributed by atoms with E-state index in [4.69, 9.17) is 6.57 Å². The van der Waals surface area contributed by atoms with E-state index in [1.165, 1.54) is 21.5 Å². The molecule has 0 N–H and O–H groups in total. The molecule has 5 nitrogen and oxygen atoms in total. The number of aromatic nitrogens is 3. The molecule has 0 aliphatic rings. The number of nitriles is 1. The first kappa shape index (κ1) is 31.6. The number of hydrogen-bond acceptors (Lipinski definition) is 1. The SMILES string of the molecule is [C-]#[N+]c1ccc2c3c(-n4c5ccccc5c5ccccc54)cccc3n(-c3ccc(-c4ccc(-n5c6ccccc6c6ccccc65)c(C)c4C#N)cc3)c2c1. The fraction of sp³-hybridized carbons (Fsp3) is 0.0196. The molecule has 3 heterocycles. The number of para-hydroxylation sites is 4. The third kappa shape index (κ3) is 4.40. The molecule has 0 saturated heterocycles. The normalized spacial score (nSPS) is 11.6. The van der Waals surface area contributed by atoms with Crippen LogP contribution in [-0.4, -0.2) is 13.7 Å². The minimum absolute atomic E-state index is 0.592. The number of rotatable bonds is 4. The molecule has 8 aromatic carbocycles. The first-order chi connectivity index (χ1) is 27.6. The summed E-state index contributed by atoms with van der Waals surface area (Å²) in [6.45, 7) is 9.92. The average molecular weight is 714 g/mol. The lowest BCUT2D eigenvalue weighted by Gasteiger charge is -2.16. The van der Waals surface area contributed by atoms with Crippen molar-refractivity contribution >= 4 is 71.1 Å². The van der Waals surface area contributed by atoms with Crippen molar-refractivity contribution in [2.75, 3.05) is 0 Å². The molecule has 0 spiro atoms. The summed E-state index contributed by atoms with van der Waals surface area (Å²) in [5.74, 6) is 0. The van der Waals surface area contributed by atoms with Crippen LogP contribution in [0.4, 0.5) is 5.69 Å². The van der Waals surface area contributed by atoms with Crippen molar-refractivity contribution in [1.82, 2.24) is 13.7 Å². The van der Waals surface area contributed by atoms with E-state index in [0.717, 1.165) is 77.6 Å². The van der Waals surface area contributed by atoms with E-state index in [0.29, 0.717) is 11.3 Å². The standard InChI is InChI=1S/C51H31N5/c1-32-42(31-52)36(28-29-43(32)55-44-16-7-3-12-37(44)38-13-4-8-17-45(38)55)33-22-25-35(26-23-33)54-48-20-11-21-49(51(48)41-27-24-34(53-2)30-50(41)54)56-46-18-9-5-14-39(46)40-15-6-10-19-47(40)56/h3-30H,1H3. The Labute approximate surface area is 322 Å². The van der Waals surface area contributed by atoms with Gasteiger partial charge in [0.2, 0.25) is 0 Å². The average Bonchev–Trinajstić information content (AvgIpc) is 3.89. The zero-order valence-electron chi connectivity index (χ0n) is 30.4. The summed E-state index contributed by atoms with van der Waals surface area (Å²) < 4.78 is 6.92. The third-order valence-corrected chi connectivity index (χ3v) is 11.5. The zero-order chi connectivity index (χ0) is 37.5. The van der Waals surface area contributed by atoms with Crippen LogP contribution >= 0.6 is 0 Å². The molecule has 0 amide bonds. The molecule has 0 atom stereocenters. The van der Waals surface area contributed by atoms with Crippen molar-refractivity contribution in [3.05, 3.63) is 192 Å². The minimum atomic E-state index is 0.592. The van der Waals surface area contributed by atoms with Crippen LogP contribution in [0.3, 0.4) is 0 Å². The molecule has 0 fully saturated rings. The van der Waals surface area contributed by atoms with E-state index in [9.17, 15) is 5.26 Å². The van der Waals surface area contributed by atoms with Crippen molar-refractivity contribution in [2.24, 2.45) is 0 Å². The maximum atomic E-state index is 10.6. The van der Waals surface area contributed by atoms with Crippen molar-refractivity contribution in [3.63, 3.8) is 0 Å². The topological polar surface area (TPSA) is 42.9 Å². The Balaban J connectivity index is 1.09. The van der Waals surface area contributed by atoms with Gasteiger partial charge in [-0.2, -0.15) is 5.26 Å². The van der Waals surface area contributed by atoms with Crippen LogP contribution in [0.25, 0.3) is 98.5 Å². The third-order valence-electron chi connectivity index (χ3n) is 11.5. The highest BCUT2D eigenvalue weighted by Crippen LogP contribution is 2.42. The van der Waals surface area contributed by atoms with Gasteiger partial charge in [-0.1, -0.05) is 109 Å². The number of benzene rings is 8. The monoisotopic (exact) mass is 713 g/mol. The van der Waals surface area contributed by atoms with Crippen molar-refractivity contribution in [3.8, 4) is 34.3 Å². The first-order valence-corrected chi connectivity index (χ1v) is 18.7. The highest BCUT2D eigenvalue weighted by Gasteiger charge is 2.21. The van der Waals surface area contributed by atoms with Crippen LogP contribution in [0.2, 0.25) is 0 Å². The van der Waals surface area contributed by atoms with Gasteiger partial charge in [-0.05, 0) is 84.3 Å². The van der Waals surface area contributed by atoms with Gasteiger partial charge in [-0.3, -0.25) is 0 Å². The van der Waals surface area contributed by atoms with E-state index in [2.05, 4.69) is 189 Å². The second kappa shape index (κ2) is 12.1. The van der Waals surface area contributed by atoms with E-state index < -0.39 is 0 Å². The maximum Gasteiger partial charge on any atom is 0.189 e. The van der Waals surface area contributed by atoms with Crippen LogP contribution in [0, 0.1) is 24.8 Å². The van der Waals surface area contributed by atoms with Crippen LogP contribution in [-0.2, 0) is 0 Å². The van der Waals surface area contributed by atoms with Crippen molar-refractivity contribution in [2.45, 2.75) is 6.92 Å². The predicted octanol–water partition coefficient (Wildman–Crippen LogP) is 13.4. The first-order valence-electron chi connectivity index (χ1n) is 18.7.